The highest BCUT2D eigenvalue weighted by atomic mass is 16.3. The summed E-state index contributed by atoms with van der Waals surface area (Å²) in [5, 5.41) is 9.22. The third-order valence-electron chi connectivity index (χ3n) is 3.87. The molecule has 96 valence electrons. The van der Waals surface area contributed by atoms with Crippen LogP contribution in [0.4, 0.5) is 0 Å². The molecule has 0 spiro atoms. The molecule has 0 bridgehead atoms. The Kier molecular flexibility index (Phi) is 4.18. The predicted molar refractivity (Wildman–Crippen MR) is 66.4 cm³/mol. The quantitative estimate of drug-likeness (QED) is 0.793. The second kappa shape index (κ2) is 5.65. The Balaban J connectivity index is 1.87. The number of rotatable bonds is 4. The number of likely N-dealkylation sites (tertiary alicyclic amines) is 1. The lowest BCUT2D eigenvalue weighted by atomic mass is 10.2. The van der Waals surface area contributed by atoms with E-state index in [0.29, 0.717) is 6.54 Å². The third-order valence-corrected chi connectivity index (χ3v) is 3.87. The van der Waals surface area contributed by atoms with Crippen LogP contribution in [0.3, 0.4) is 0 Å². The zero-order valence-electron chi connectivity index (χ0n) is 10.6. The van der Waals surface area contributed by atoms with Crippen molar-refractivity contribution in [1.82, 2.24) is 9.80 Å². The van der Waals surface area contributed by atoms with Gasteiger partial charge in [-0.2, -0.15) is 0 Å². The largest absolute Gasteiger partial charge is 0.395 e. The van der Waals surface area contributed by atoms with Crippen LogP contribution in [0.2, 0.25) is 0 Å². The molecule has 17 heavy (non-hydrogen) atoms. The van der Waals surface area contributed by atoms with Crippen LogP contribution in [0.5, 0.6) is 0 Å². The van der Waals surface area contributed by atoms with Gasteiger partial charge in [0.2, 0.25) is 5.91 Å². The highest BCUT2D eigenvalue weighted by Gasteiger charge is 2.27. The fourth-order valence-electron chi connectivity index (χ4n) is 2.71. The Labute approximate surface area is 103 Å². The van der Waals surface area contributed by atoms with E-state index in [4.69, 9.17) is 0 Å². The molecule has 1 aliphatic carbocycles. The first-order valence-corrected chi connectivity index (χ1v) is 6.53. The molecular weight excluding hydrogens is 216 g/mol. The first-order valence-electron chi connectivity index (χ1n) is 6.53. The van der Waals surface area contributed by atoms with Crippen LogP contribution < -0.4 is 0 Å². The van der Waals surface area contributed by atoms with E-state index in [9.17, 15) is 9.90 Å². The number of likely N-dealkylation sites (N-methyl/N-ethyl adjacent to an activating group) is 1. The summed E-state index contributed by atoms with van der Waals surface area (Å²) in [6, 6.07) is 0.185. The Hall–Kier alpha value is -0.870. The number of nitrogens with zero attached hydrogens (tertiary/aromatic N) is 2. The van der Waals surface area contributed by atoms with Crippen molar-refractivity contribution < 1.29 is 9.90 Å². The van der Waals surface area contributed by atoms with Crippen LogP contribution in [0.1, 0.15) is 32.1 Å². The molecule has 2 rings (SSSR count). The van der Waals surface area contributed by atoms with E-state index in [-0.39, 0.29) is 18.6 Å². The van der Waals surface area contributed by atoms with Crippen LogP contribution in [-0.2, 0) is 4.79 Å². The summed E-state index contributed by atoms with van der Waals surface area (Å²) in [6.07, 6.45) is 7.53. The third kappa shape index (κ3) is 2.87. The van der Waals surface area contributed by atoms with Gasteiger partial charge in [0.15, 0.2) is 0 Å². The van der Waals surface area contributed by atoms with Gasteiger partial charge in [-0.3, -0.25) is 9.69 Å². The fraction of sp³-hybridized carbons (Fsp3) is 0.769. The van der Waals surface area contributed by atoms with E-state index >= 15 is 0 Å². The van der Waals surface area contributed by atoms with Gasteiger partial charge >= 0.3 is 0 Å². The molecule has 4 heteroatoms. The Morgan fingerprint density at radius 3 is 3.06 bits per heavy atom. The van der Waals surface area contributed by atoms with Gasteiger partial charge in [0, 0.05) is 18.8 Å². The average molecular weight is 238 g/mol. The van der Waals surface area contributed by atoms with E-state index in [1.54, 1.807) is 4.90 Å². The minimum atomic E-state index is 0.151. The van der Waals surface area contributed by atoms with Gasteiger partial charge < -0.3 is 10.0 Å². The molecule has 0 aromatic heterocycles. The number of hydrogen-bond acceptors (Lipinski definition) is 3. The van der Waals surface area contributed by atoms with Crippen molar-refractivity contribution in [2.24, 2.45) is 0 Å². The molecule has 1 heterocycles. The topological polar surface area (TPSA) is 43.8 Å². The minimum absolute atomic E-state index is 0.151. The molecule has 0 aromatic carbocycles. The molecule has 2 aliphatic rings. The lowest BCUT2D eigenvalue weighted by molar-refractivity contribution is -0.129. The summed E-state index contributed by atoms with van der Waals surface area (Å²) in [5.74, 6) is 0.151. The van der Waals surface area contributed by atoms with Gasteiger partial charge in [0.25, 0.3) is 0 Å². The smallest absolute Gasteiger partial charge is 0.240 e. The average Bonchev–Trinajstić information content (AvgIpc) is 2.98. The van der Waals surface area contributed by atoms with Crippen molar-refractivity contribution in [3.63, 3.8) is 0 Å². The summed E-state index contributed by atoms with van der Waals surface area (Å²) in [4.78, 5) is 16.0. The Bertz CT molecular complexity index is 315. The lowest BCUT2D eigenvalue weighted by Gasteiger charge is -2.26. The fourth-order valence-corrected chi connectivity index (χ4v) is 2.71. The first-order chi connectivity index (χ1) is 8.22. The second-order valence-electron chi connectivity index (χ2n) is 4.99. The predicted octanol–water partition coefficient (Wildman–Crippen LogP) is 0.969. The number of amides is 1. The maximum Gasteiger partial charge on any atom is 0.240 e. The van der Waals surface area contributed by atoms with Gasteiger partial charge in [-0.15, -0.1) is 0 Å². The van der Waals surface area contributed by atoms with Crippen molar-refractivity contribution in [2.75, 3.05) is 26.7 Å². The lowest BCUT2D eigenvalue weighted by Crippen LogP contribution is -2.41. The van der Waals surface area contributed by atoms with Crippen LogP contribution >= 0.6 is 0 Å². The minimum Gasteiger partial charge on any atom is -0.395 e. The number of carbonyl (C=O) groups is 1. The van der Waals surface area contributed by atoms with Crippen LogP contribution in [0, 0.1) is 0 Å². The summed E-state index contributed by atoms with van der Waals surface area (Å²) >= 11 is 0. The molecule has 1 amide bonds. The van der Waals surface area contributed by atoms with E-state index < -0.39 is 0 Å². The number of hydrogen-bond donors (Lipinski definition) is 1. The number of aliphatic hydroxyl groups is 1. The number of carbonyl (C=O) groups excluding carboxylic acids is 1. The molecule has 1 saturated heterocycles. The van der Waals surface area contributed by atoms with Crippen LogP contribution in [0.15, 0.2) is 11.8 Å². The van der Waals surface area contributed by atoms with Gasteiger partial charge in [-0.1, -0.05) is 6.08 Å². The highest BCUT2D eigenvalue weighted by molar-refractivity contribution is 5.79. The van der Waals surface area contributed by atoms with Crippen molar-refractivity contribution in [3.8, 4) is 0 Å². The van der Waals surface area contributed by atoms with Gasteiger partial charge in [0.1, 0.15) is 0 Å². The van der Waals surface area contributed by atoms with E-state index in [1.807, 2.05) is 7.05 Å². The SMILES string of the molecule is CN(C(=O)CN1CCC[C@@H]1CO)C1=CCCC1. The Morgan fingerprint density at radius 2 is 2.41 bits per heavy atom. The zero-order valence-corrected chi connectivity index (χ0v) is 10.6. The highest BCUT2D eigenvalue weighted by Crippen LogP contribution is 2.21. The molecule has 4 nitrogen and oxygen atoms in total. The van der Waals surface area contributed by atoms with E-state index in [1.165, 1.54) is 0 Å². The van der Waals surface area contributed by atoms with Crippen molar-refractivity contribution >= 4 is 5.91 Å². The van der Waals surface area contributed by atoms with Crippen LogP contribution in [-0.4, -0.2) is 53.6 Å². The molecule has 1 fully saturated rings. The van der Waals surface area contributed by atoms with Crippen molar-refractivity contribution in [2.45, 2.75) is 38.1 Å². The normalized spacial score (nSPS) is 25.1. The molecule has 0 unspecified atom stereocenters. The molecule has 0 radical (unpaired) electrons. The molecule has 1 atom stereocenters. The number of aliphatic hydroxyl groups excluding tert-OH is 1. The first kappa shape index (κ1) is 12.6. The molecular formula is C13H22N2O2. The molecule has 0 saturated carbocycles. The van der Waals surface area contributed by atoms with E-state index in [2.05, 4.69) is 11.0 Å². The monoisotopic (exact) mass is 238 g/mol. The second-order valence-corrected chi connectivity index (χ2v) is 4.99. The molecule has 0 aromatic rings. The van der Waals surface area contributed by atoms with E-state index in [0.717, 1.165) is 44.3 Å². The van der Waals surface area contributed by atoms with Crippen molar-refractivity contribution in [3.05, 3.63) is 11.8 Å². The Morgan fingerprint density at radius 1 is 1.59 bits per heavy atom. The number of allylic oxidation sites excluding steroid dienone is 2. The molecule has 1 N–H and O–H groups in total. The summed E-state index contributed by atoms with van der Waals surface area (Å²) in [7, 11) is 1.86. The summed E-state index contributed by atoms with van der Waals surface area (Å²) in [6.45, 7) is 1.54. The standard InChI is InChI=1S/C13H22N2O2/c1-14(11-5-2-3-6-11)13(17)9-15-8-4-7-12(15)10-16/h5,12,16H,2-4,6-10H2,1H3/t12-/m1/s1. The summed E-state index contributed by atoms with van der Waals surface area (Å²) < 4.78 is 0. The van der Waals surface area contributed by atoms with Gasteiger partial charge in [0.05, 0.1) is 13.2 Å². The molecule has 1 aliphatic heterocycles. The maximum atomic E-state index is 12.1. The van der Waals surface area contributed by atoms with Gasteiger partial charge in [-0.25, -0.2) is 0 Å². The summed E-state index contributed by atoms with van der Waals surface area (Å²) in [5.41, 5.74) is 1.16. The van der Waals surface area contributed by atoms with Crippen LogP contribution in [0.25, 0.3) is 0 Å². The zero-order chi connectivity index (χ0) is 12.3. The van der Waals surface area contributed by atoms with Gasteiger partial charge in [-0.05, 0) is 38.6 Å². The maximum absolute atomic E-state index is 12.1. The van der Waals surface area contributed by atoms with Crippen molar-refractivity contribution in [1.29, 1.82) is 0 Å².